The van der Waals surface area contributed by atoms with E-state index in [0.717, 1.165) is 0 Å². The van der Waals surface area contributed by atoms with Gasteiger partial charge in [-0.15, -0.1) is 0 Å². The average molecular weight is 174 g/mol. The average Bonchev–Trinajstić information content (AvgIpc) is 2.05. The zero-order valence-corrected chi connectivity index (χ0v) is 6.91. The van der Waals surface area contributed by atoms with Gasteiger partial charge in [-0.2, -0.15) is 0 Å². The van der Waals surface area contributed by atoms with Crippen LogP contribution in [0.3, 0.4) is 0 Å². The zero-order valence-electron chi connectivity index (χ0n) is 6.91. The molecule has 12 heavy (non-hydrogen) atoms. The molecule has 0 fully saturated rings. The number of nitrogens with two attached hydrogens (primary N) is 1. The van der Waals surface area contributed by atoms with Crippen LogP contribution in [0.25, 0.3) is 0 Å². The fourth-order valence-electron chi connectivity index (χ4n) is 0.572. The molecule has 6 nitrogen and oxygen atoms in total. The molecular weight excluding hydrogens is 160 g/mol. The molecule has 0 heterocycles. The van der Waals surface area contributed by atoms with Crippen molar-refractivity contribution in [2.45, 2.75) is 0 Å². The van der Waals surface area contributed by atoms with Gasteiger partial charge in [-0.05, 0) is 0 Å². The Bertz CT molecular complexity index is 178. The Morgan fingerprint density at radius 2 is 2.33 bits per heavy atom. The van der Waals surface area contributed by atoms with Gasteiger partial charge in [0.05, 0.1) is 0 Å². The van der Waals surface area contributed by atoms with Crippen LogP contribution in [0.4, 0.5) is 0 Å². The quantitative estimate of drug-likeness (QED) is 0.167. The third kappa shape index (κ3) is 3.22. The minimum atomic E-state index is -0.217. The van der Waals surface area contributed by atoms with E-state index in [9.17, 15) is 0 Å². The first-order chi connectivity index (χ1) is 5.63. The lowest BCUT2D eigenvalue weighted by Gasteiger charge is -2.14. The summed E-state index contributed by atoms with van der Waals surface area (Å²) >= 11 is 0. The molecule has 0 aromatic carbocycles. The summed E-state index contributed by atoms with van der Waals surface area (Å²) in [5.41, 5.74) is 5.32. The van der Waals surface area contributed by atoms with E-state index in [1.165, 1.54) is 7.05 Å². The van der Waals surface area contributed by atoms with E-state index < -0.39 is 0 Å². The van der Waals surface area contributed by atoms with Crippen molar-refractivity contribution in [3.8, 4) is 0 Å². The van der Waals surface area contributed by atoms with E-state index in [-0.39, 0.29) is 11.5 Å². The van der Waals surface area contributed by atoms with Crippen LogP contribution in [0.15, 0.2) is 12.0 Å². The van der Waals surface area contributed by atoms with Crippen molar-refractivity contribution >= 4 is 5.84 Å². The number of likely N-dealkylation sites (N-methyl/N-ethyl adjacent to an activating group) is 1. The molecule has 0 unspecified atom stereocenters. The molecule has 0 aliphatic rings. The number of aliphatic hydroxyl groups excluding tert-OH is 1. The van der Waals surface area contributed by atoms with Crippen LogP contribution in [0.1, 0.15) is 0 Å². The maximum Gasteiger partial charge on any atom is 0.171 e. The van der Waals surface area contributed by atoms with E-state index in [0.29, 0.717) is 24.4 Å². The summed E-state index contributed by atoms with van der Waals surface area (Å²) in [6.45, 7) is 0.822. The van der Waals surface area contributed by atoms with Crippen LogP contribution < -0.4 is 11.1 Å². The fourth-order valence-corrected chi connectivity index (χ4v) is 0.572. The van der Waals surface area contributed by atoms with E-state index in [1.54, 1.807) is 0 Å². The van der Waals surface area contributed by atoms with Gasteiger partial charge >= 0.3 is 0 Å². The molecule has 70 valence electrons. The van der Waals surface area contributed by atoms with Gasteiger partial charge in [0.15, 0.2) is 5.84 Å². The molecule has 0 rings (SSSR count). The van der Waals surface area contributed by atoms with Gasteiger partial charge in [0, 0.05) is 20.1 Å². The standard InChI is InChI=1S/C6H14N4O2/c1-10(12)6(8)5(4-11)9-3-2-7/h4,8-9,11-12H,2-3,7H2,1H3. The molecule has 6 N–H and O–H groups in total. The van der Waals surface area contributed by atoms with Crippen LogP contribution in [-0.4, -0.2) is 41.3 Å². The Balaban J connectivity index is 4.08. The lowest BCUT2D eigenvalue weighted by Crippen LogP contribution is -2.33. The lowest BCUT2D eigenvalue weighted by atomic mass is 10.4. The van der Waals surface area contributed by atoms with Gasteiger partial charge < -0.3 is 16.2 Å². The molecule has 0 amide bonds. The van der Waals surface area contributed by atoms with Gasteiger partial charge in [-0.25, -0.2) is 5.06 Å². The second-order valence-electron chi connectivity index (χ2n) is 2.13. The number of aliphatic hydroxyl groups is 1. The zero-order chi connectivity index (χ0) is 9.56. The van der Waals surface area contributed by atoms with Crippen molar-refractivity contribution < 1.29 is 10.3 Å². The molecule has 0 aliphatic carbocycles. The summed E-state index contributed by atoms with van der Waals surface area (Å²) in [5, 5.41) is 27.9. The topological polar surface area (TPSA) is 106 Å². The number of hydrogen-bond acceptors (Lipinski definition) is 5. The highest BCUT2D eigenvalue weighted by molar-refractivity contribution is 5.93. The SMILES string of the molecule is CN(O)C(=N)C(=CO)NCCN. The molecule has 6 heteroatoms. The molecule has 0 aromatic heterocycles. The first-order valence-corrected chi connectivity index (χ1v) is 3.43. The Hall–Kier alpha value is -1.27. The van der Waals surface area contributed by atoms with Crippen LogP contribution in [0.2, 0.25) is 0 Å². The lowest BCUT2D eigenvalue weighted by molar-refractivity contribution is 0.0125. The number of hydrogen-bond donors (Lipinski definition) is 5. The maximum atomic E-state index is 8.81. The number of nitrogens with one attached hydrogen (secondary N) is 2. The molecule has 0 aliphatic heterocycles. The Morgan fingerprint density at radius 3 is 2.67 bits per heavy atom. The van der Waals surface area contributed by atoms with E-state index in [2.05, 4.69) is 5.32 Å². The van der Waals surface area contributed by atoms with Gasteiger partial charge in [0.2, 0.25) is 0 Å². The molecule has 0 bridgehead atoms. The van der Waals surface area contributed by atoms with Crippen LogP contribution in [0, 0.1) is 5.41 Å². The molecule has 0 radical (unpaired) electrons. The molecule has 0 atom stereocenters. The van der Waals surface area contributed by atoms with Crippen molar-refractivity contribution in [2.24, 2.45) is 5.73 Å². The van der Waals surface area contributed by atoms with Crippen molar-refractivity contribution in [1.82, 2.24) is 10.4 Å². The Labute approximate surface area is 70.8 Å². The highest BCUT2D eigenvalue weighted by Gasteiger charge is 2.07. The first-order valence-electron chi connectivity index (χ1n) is 3.43. The van der Waals surface area contributed by atoms with Gasteiger partial charge in [0.1, 0.15) is 12.0 Å². The Kier molecular flexibility index (Phi) is 4.82. The van der Waals surface area contributed by atoms with Gasteiger partial charge in [0.25, 0.3) is 0 Å². The van der Waals surface area contributed by atoms with E-state index in [4.69, 9.17) is 21.5 Å². The van der Waals surface area contributed by atoms with Crippen molar-refractivity contribution in [1.29, 1.82) is 5.41 Å². The van der Waals surface area contributed by atoms with Crippen molar-refractivity contribution in [3.05, 3.63) is 12.0 Å². The van der Waals surface area contributed by atoms with Crippen molar-refractivity contribution in [2.75, 3.05) is 20.1 Å². The van der Waals surface area contributed by atoms with Crippen LogP contribution >= 0.6 is 0 Å². The van der Waals surface area contributed by atoms with Crippen LogP contribution in [0.5, 0.6) is 0 Å². The predicted molar refractivity (Wildman–Crippen MR) is 45.0 cm³/mol. The largest absolute Gasteiger partial charge is 0.513 e. The number of hydroxylamine groups is 2. The Morgan fingerprint density at radius 1 is 1.75 bits per heavy atom. The third-order valence-corrected chi connectivity index (χ3v) is 1.17. The second-order valence-corrected chi connectivity index (χ2v) is 2.13. The summed E-state index contributed by atoms with van der Waals surface area (Å²) in [4.78, 5) is 0. The maximum absolute atomic E-state index is 8.81. The van der Waals surface area contributed by atoms with Gasteiger partial charge in [-0.3, -0.25) is 10.6 Å². The fraction of sp³-hybridized carbons (Fsp3) is 0.500. The predicted octanol–water partition coefficient (Wildman–Crippen LogP) is -0.768. The summed E-state index contributed by atoms with van der Waals surface area (Å²) in [7, 11) is 1.29. The second kappa shape index (κ2) is 5.39. The summed E-state index contributed by atoms with van der Waals surface area (Å²) < 4.78 is 0. The normalized spacial score (nSPS) is 11.1. The van der Waals surface area contributed by atoms with Crippen LogP contribution in [-0.2, 0) is 0 Å². The molecular formula is C6H14N4O2. The monoisotopic (exact) mass is 174 g/mol. The smallest absolute Gasteiger partial charge is 0.171 e. The van der Waals surface area contributed by atoms with Gasteiger partial charge in [-0.1, -0.05) is 0 Å². The van der Waals surface area contributed by atoms with Crippen molar-refractivity contribution in [3.63, 3.8) is 0 Å². The number of amidine groups is 1. The number of nitrogens with zero attached hydrogens (tertiary/aromatic N) is 1. The number of rotatable bonds is 4. The molecule has 0 spiro atoms. The summed E-state index contributed by atoms with van der Waals surface area (Å²) in [6.07, 6.45) is 0.713. The summed E-state index contributed by atoms with van der Waals surface area (Å²) in [5.74, 6) is -0.217. The minimum Gasteiger partial charge on any atom is -0.513 e. The molecule has 0 saturated heterocycles. The highest BCUT2D eigenvalue weighted by atomic mass is 16.5. The van der Waals surface area contributed by atoms with E-state index >= 15 is 0 Å². The van der Waals surface area contributed by atoms with E-state index in [1.807, 2.05) is 0 Å². The molecule has 0 saturated carbocycles. The third-order valence-electron chi connectivity index (χ3n) is 1.17. The summed E-state index contributed by atoms with van der Waals surface area (Å²) in [6, 6.07) is 0. The highest BCUT2D eigenvalue weighted by Crippen LogP contribution is 1.92. The first kappa shape index (κ1) is 10.7. The minimum absolute atomic E-state index is 0.130. The molecule has 0 aromatic rings.